The molecular formula is C20H23ClFN3O3S. The number of aliphatic hydroxyl groups excluding tert-OH is 1. The lowest BCUT2D eigenvalue weighted by molar-refractivity contribution is 0.174. The average molecular weight is 440 g/mol. The Bertz CT molecular complexity index is 1050. The number of benzene rings is 2. The minimum absolute atomic E-state index is 0. The van der Waals surface area contributed by atoms with Crippen molar-refractivity contribution in [2.45, 2.75) is 24.0 Å². The third kappa shape index (κ3) is 6.19. The lowest BCUT2D eigenvalue weighted by Crippen LogP contribution is -2.40. The number of sulfonamides is 1. The topological polar surface area (TPSA) is 91.3 Å². The molecule has 3 rings (SSSR count). The van der Waals surface area contributed by atoms with Gasteiger partial charge in [0.1, 0.15) is 5.82 Å². The summed E-state index contributed by atoms with van der Waals surface area (Å²) in [6.45, 7) is 2.29. The highest BCUT2D eigenvalue weighted by atomic mass is 35.5. The summed E-state index contributed by atoms with van der Waals surface area (Å²) < 4.78 is 40.7. The van der Waals surface area contributed by atoms with Crippen LogP contribution in [0.3, 0.4) is 0 Å². The Morgan fingerprint density at radius 2 is 1.79 bits per heavy atom. The molecule has 9 heteroatoms. The largest absolute Gasteiger partial charge is 0.387 e. The second kappa shape index (κ2) is 10.1. The Morgan fingerprint density at radius 3 is 2.52 bits per heavy atom. The highest BCUT2D eigenvalue weighted by Crippen LogP contribution is 2.18. The molecule has 0 fully saturated rings. The van der Waals surface area contributed by atoms with Crippen molar-refractivity contribution in [3.8, 4) is 0 Å². The van der Waals surface area contributed by atoms with E-state index in [2.05, 4.69) is 15.0 Å². The van der Waals surface area contributed by atoms with Gasteiger partial charge in [-0.25, -0.2) is 17.5 Å². The Morgan fingerprint density at radius 1 is 1.07 bits per heavy atom. The van der Waals surface area contributed by atoms with Crippen molar-refractivity contribution in [1.29, 1.82) is 0 Å². The number of hydrogen-bond acceptors (Lipinski definition) is 5. The average Bonchev–Trinajstić information content (AvgIpc) is 2.67. The zero-order chi connectivity index (χ0) is 20.1. The molecule has 0 aliphatic carbocycles. The summed E-state index contributed by atoms with van der Waals surface area (Å²) in [7, 11) is -3.67. The van der Waals surface area contributed by atoms with E-state index < -0.39 is 22.2 Å². The smallest absolute Gasteiger partial charge is 0.240 e. The third-order valence-electron chi connectivity index (χ3n) is 4.32. The van der Waals surface area contributed by atoms with E-state index in [4.69, 9.17) is 0 Å². The molecule has 3 N–H and O–H groups in total. The lowest BCUT2D eigenvalue weighted by Gasteiger charge is -2.17. The van der Waals surface area contributed by atoms with Gasteiger partial charge < -0.3 is 10.4 Å². The van der Waals surface area contributed by atoms with E-state index >= 15 is 0 Å². The van der Waals surface area contributed by atoms with Crippen molar-refractivity contribution in [2.75, 3.05) is 13.1 Å². The van der Waals surface area contributed by atoms with Crippen LogP contribution in [0.2, 0.25) is 0 Å². The van der Waals surface area contributed by atoms with Crippen molar-refractivity contribution in [3.63, 3.8) is 0 Å². The number of fused-ring (bicyclic) bond motifs is 1. The molecule has 1 aromatic heterocycles. The van der Waals surface area contributed by atoms with Crippen molar-refractivity contribution in [1.82, 2.24) is 15.0 Å². The zero-order valence-electron chi connectivity index (χ0n) is 15.7. The van der Waals surface area contributed by atoms with E-state index in [1.807, 2.05) is 0 Å². The van der Waals surface area contributed by atoms with E-state index in [1.165, 1.54) is 24.3 Å². The minimum atomic E-state index is -3.67. The van der Waals surface area contributed by atoms with E-state index in [-0.39, 0.29) is 29.7 Å². The molecule has 2 atom stereocenters. The molecule has 0 bridgehead atoms. The molecule has 156 valence electrons. The molecule has 0 saturated carbocycles. The molecule has 0 radical (unpaired) electrons. The van der Waals surface area contributed by atoms with Crippen molar-refractivity contribution >= 4 is 33.2 Å². The maximum absolute atomic E-state index is 12.9. The molecule has 29 heavy (non-hydrogen) atoms. The van der Waals surface area contributed by atoms with Crippen LogP contribution in [0.5, 0.6) is 0 Å². The molecule has 0 saturated heterocycles. The SMILES string of the molecule is C[C@H](CNC[C@H](O)c1ccc(F)cc1)NS(=O)(=O)c1ccc2cnccc2c1.Cl. The summed E-state index contributed by atoms with van der Waals surface area (Å²) in [5.41, 5.74) is 0.591. The lowest BCUT2D eigenvalue weighted by atomic mass is 10.1. The fourth-order valence-electron chi connectivity index (χ4n) is 2.84. The number of aromatic nitrogens is 1. The predicted octanol–water partition coefficient (Wildman–Crippen LogP) is 2.79. The first-order valence-corrected chi connectivity index (χ1v) is 10.3. The Labute approximate surface area is 175 Å². The van der Waals surface area contributed by atoms with Gasteiger partial charge in [-0.1, -0.05) is 18.2 Å². The molecule has 0 unspecified atom stereocenters. The van der Waals surface area contributed by atoms with Gasteiger partial charge in [0.05, 0.1) is 11.0 Å². The first-order valence-electron chi connectivity index (χ1n) is 8.85. The number of aliphatic hydroxyl groups is 1. The standard InChI is InChI=1S/C20H22FN3O3S.ClH/c1-14(11-23-13-20(25)15-2-5-18(21)6-3-15)24-28(26,27)19-7-4-17-12-22-9-8-16(17)10-19;/h2-10,12,14,20,23-25H,11,13H2,1H3;1H/t14-,20+;/m1./s1. The number of halogens is 2. The summed E-state index contributed by atoms with van der Waals surface area (Å²) in [6, 6.07) is 11.9. The zero-order valence-corrected chi connectivity index (χ0v) is 17.4. The second-order valence-electron chi connectivity index (χ2n) is 6.63. The van der Waals surface area contributed by atoms with E-state index in [0.29, 0.717) is 12.1 Å². The Hall–Kier alpha value is -2.10. The maximum Gasteiger partial charge on any atom is 0.240 e. The highest BCUT2D eigenvalue weighted by molar-refractivity contribution is 7.89. The molecule has 0 aliphatic heterocycles. The molecular weight excluding hydrogens is 417 g/mol. The highest BCUT2D eigenvalue weighted by Gasteiger charge is 2.18. The summed E-state index contributed by atoms with van der Waals surface area (Å²) >= 11 is 0. The van der Waals surface area contributed by atoms with E-state index in [9.17, 15) is 17.9 Å². The molecule has 0 spiro atoms. The van der Waals surface area contributed by atoms with Gasteiger partial charge in [-0.3, -0.25) is 4.98 Å². The first kappa shape index (κ1) is 23.2. The van der Waals surface area contributed by atoms with Crippen LogP contribution in [0.25, 0.3) is 10.8 Å². The number of nitrogens with one attached hydrogen (secondary N) is 2. The van der Waals surface area contributed by atoms with Crippen LogP contribution < -0.4 is 10.0 Å². The van der Waals surface area contributed by atoms with Crippen LogP contribution in [0.1, 0.15) is 18.6 Å². The van der Waals surface area contributed by atoms with Crippen molar-refractivity contribution in [3.05, 3.63) is 72.3 Å². The van der Waals surface area contributed by atoms with Gasteiger partial charge in [0, 0.05) is 36.9 Å². The van der Waals surface area contributed by atoms with Gasteiger partial charge in [0.25, 0.3) is 0 Å². The van der Waals surface area contributed by atoms with Crippen LogP contribution in [-0.4, -0.2) is 37.6 Å². The van der Waals surface area contributed by atoms with Crippen LogP contribution in [-0.2, 0) is 10.0 Å². The summed E-state index contributed by atoms with van der Waals surface area (Å²) in [6.07, 6.45) is 2.49. The molecule has 6 nitrogen and oxygen atoms in total. The van der Waals surface area contributed by atoms with E-state index in [0.717, 1.165) is 10.8 Å². The minimum Gasteiger partial charge on any atom is -0.387 e. The number of pyridine rings is 1. The Kier molecular flexibility index (Phi) is 8.06. The number of rotatable bonds is 8. The van der Waals surface area contributed by atoms with Gasteiger partial charge in [-0.15, -0.1) is 12.4 Å². The molecule has 3 aromatic rings. The summed E-state index contributed by atoms with van der Waals surface area (Å²) in [5.74, 6) is -0.364. The van der Waals surface area contributed by atoms with Crippen molar-refractivity contribution < 1.29 is 17.9 Å². The van der Waals surface area contributed by atoms with E-state index in [1.54, 1.807) is 43.6 Å². The molecule has 0 aliphatic rings. The van der Waals surface area contributed by atoms with Crippen molar-refractivity contribution in [2.24, 2.45) is 0 Å². The van der Waals surface area contributed by atoms with Crippen LogP contribution in [0.15, 0.2) is 65.8 Å². The number of nitrogens with zero attached hydrogens (tertiary/aromatic N) is 1. The van der Waals surface area contributed by atoms with Gasteiger partial charge in [0.15, 0.2) is 0 Å². The van der Waals surface area contributed by atoms with Gasteiger partial charge in [-0.05, 0) is 48.2 Å². The summed E-state index contributed by atoms with van der Waals surface area (Å²) in [5, 5.41) is 14.8. The second-order valence-corrected chi connectivity index (χ2v) is 8.35. The molecule has 1 heterocycles. The third-order valence-corrected chi connectivity index (χ3v) is 5.91. The fourth-order valence-corrected chi connectivity index (χ4v) is 4.12. The van der Waals surface area contributed by atoms with Crippen LogP contribution >= 0.6 is 12.4 Å². The van der Waals surface area contributed by atoms with Gasteiger partial charge in [-0.2, -0.15) is 0 Å². The monoisotopic (exact) mass is 439 g/mol. The number of hydrogen-bond donors (Lipinski definition) is 3. The predicted molar refractivity (Wildman–Crippen MR) is 113 cm³/mol. The van der Waals surface area contributed by atoms with Crippen LogP contribution in [0, 0.1) is 5.82 Å². The first-order chi connectivity index (χ1) is 13.3. The normalized spacial score (nSPS) is 13.6. The van der Waals surface area contributed by atoms with Gasteiger partial charge in [0.2, 0.25) is 10.0 Å². The molecule has 0 amide bonds. The maximum atomic E-state index is 12.9. The molecule has 2 aromatic carbocycles. The van der Waals surface area contributed by atoms with Crippen LogP contribution in [0.4, 0.5) is 4.39 Å². The quantitative estimate of drug-likeness (QED) is 0.502. The fraction of sp³-hybridized carbons (Fsp3) is 0.250. The van der Waals surface area contributed by atoms with Gasteiger partial charge >= 0.3 is 0 Å². The Balaban J connectivity index is 0.00000300. The summed E-state index contributed by atoms with van der Waals surface area (Å²) in [4.78, 5) is 4.20.